The summed E-state index contributed by atoms with van der Waals surface area (Å²) in [4.78, 5) is 0. The van der Waals surface area contributed by atoms with Crippen molar-refractivity contribution < 1.29 is 5.11 Å². The molecule has 0 bridgehead atoms. The highest BCUT2D eigenvalue weighted by Crippen LogP contribution is 2.35. The SMILES string of the molecule is Oc1ccc2scc(-c3ccccc3)c2c1. The first-order valence-corrected chi connectivity index (χ1v) is 5.98. The summed E-state index contributed by atoms with van der Waals surface area (Å²) in [7, 11) is 0. The van der Waals surface area contributed by atoms with E-state index in [4.69, 9.17) is 0 Å². The topological polar surface area (TPSA) is 20.2 Å². The van der Waals surface area contributed by atoms with Crippen molar-refractivity contribution >= 4 is 21.4 Å². The van der Waals surface area contributed by atoms with Gasteiger partial charge in [0, 0.05) is 15.6 Å². The van der Waals surface area contributed by atoms with Gasteiger partial charge < -0.3 is 5.11 Å². The molecule has 0 aliphatic carbocycles. The van der Waals surface area contributed by atoms with E-state index in [1.165, 1.54) is 15.8 Å². The van der Waals surface area contributed by atoms with Crippen LogP contribution in [-0.4, -0.2) is 5.11 Å². The third-order valence-corrected chi connectivity index (χ3v) is 3.61. The van der Waals surface area contributed by atoms with E-state index < -0.39 is 0 Å². The molecule has 3 rings (SSSR count). The quantitative estimate of drug-likeness (QED) is 0.656. The van der Waals surface area contributed by atoms with E-state index in [1.807, 2.05) is 30.3 Å². The molecule has 0 amide bonds. The van der Waals surface area contributed by atoms with Crippen LogP contribution in [0.5, 0.6) is 5.75 Å². The molecule has 1 heterocycles. The van der Waals surface area contributed by atoms with E-state index in [-0.39, 0.29) is 0 Å². The highest BCUT2D eigenvalue weighted by atomic mass is 32.1. The van der Waals surface area contributed by atoms with Gasteiger partial charge in [-0.3, -0.25) is 0 Å². The number of thiophene rings is 1. The van der Waals surface area contributed by atoms with Gasteiger partial charge >= 0.3 is 0 Å². The second-order valence-electron chi connectivity index (χ2n) is 3.70. The van der Waals surface area contributed by atoms with E-state index in [0.717, 1.165) is 5.39 Å². The van der Waals surface area contributed by atoms with Gasteiger partial charge in [-0.05, 0) is 29.1 Å². The fourth-order valence-electron chi connectivity index (χ4n) is 1.86. The van der Waals surface area contributed by atoms with E-state index in [2.05, 4.69) is 17.5 Å². The number of rotatable bonds is 1. The molecule has 0 radical (unpaired) electrons. The Bertz CT molecular complexity index is 626. The van der Waals surface area contributed by atoms with Crippen LogP contribution in [0.3, 0.4) is 0 Å². The first kappa shape index (κ1) is 9.43. The molecule has 0 fully saturated rings. The molecular weight excluding hydrogens is 216 g/mol. The van der Waals surface area contributed by atoms with Crippen molar-refractivity contribution in [3.63, 3.8) is 0 Å². The number of phenols is 1. The molecule has 1 nitrogen and oxygen atoms in total. The third-order valence-electron chi connectivity index (χ3n) is 2.64. The molecule has 0 spiro atoms. The van der Waals surface area contributed by atoms with Crippen molar-refractivity contribution in [2.24, 2.45) is 0 Å². The van der Waals surface area contributed by atoms with Gasteiger partial charge in [-0.1, -0.05) is 30.3 Å². The van der Waals surface area contributed by atoms with E-state index in [1.54, 1.807) is 17.4 Å². The maximum Gasteiger partial charge on any atom is 0.116 e. The third kappa shape index (κ3) is 1.48. The Morgan fingerprint density at radius 1 is 0.938 bits per heavy atom. The van der Waals surface area contributed by atoms with Gasteiger partial charge in [0.05, 0.1) is 0 Å². The van der Waals surface area contributed by atoms with Crippen molar-refractivity contribution in [2.45, 2.75) is 0 Å². The molecule has 2 heteroatoms. The zero-order chi connectivity index (χ0) is 11.0. The van der Waals surface area contributed by atoms with Crippen molar-refractivity contribution in [1.29, 1.82) is 0 Å². The average molecular weight is 226 g/mol. The van der Waals surface area contributed by atoms with Gasteiger partial charge in [0.15, 0.2) is 0 Å². The lowest BCUT2D eigenvalue weighted by atomic mass is 10.1. The van der Waals surface area contributed by atoms with Gasteiger partial charge in [-0.25, -0.2) is 0 Å². The number of hydrogen-bond acceptors (Lipinski definition) is 2. The fraction of sp³-hybridized carbons (Fsp3) is 0. The van der Waals surface area contributed by atoms with Crippen LogP contribution in [0.2, 0.25) is 0 Å². The molecule has 0 saturated heterocycles. The Hall–Kier alpha value is -1.80. The smallest absolute Gasteiger partial charge is 0.116 e. The van der Waals surface area contributed by atoms with E-state index in [0.29, 0.717) is 5.75 Å². The van der Waals surface area contributed by atoms with Gasteiger partial charge in [0.25, 0.3) is 0 Å². The molecule has 0 saturated carbocycles. The van der Waals surface area contributed by atoms with Crippen LogP contribution in [0, 0.1) is 0 Å². The Kier molecular flexibility index (Phi) is 2.15. The summed E-state index contributed by atoms with van der Waals surface area (Å²) in [6.45, 7) is 0. The predicted molar refractivity (Wildman–Crippen MR) is 68.9 cm³/mol. The normalized spacial score (nSPS) is 10.8. The van der Waals surface area contributed by atoms with Crippen LogP contribution in [0.1, 0.15) is 0 Å². The Morgan fingerprint density at radius 2 is 1.75 bits per heavy atom. The summed E-state index contributed by atoms with van der Waals surface area (Å²) in [6.07, 6.45) is 0. The summed E-state index contributed by atoms with van der Waals surface area (Å²) >= 11 is 1.71. The van der Waals surface area contributed by atoms with Gasteiger partial charge in [0.1, 0.15) is 5.75 Å². The monoisotopic (exact) mass is 226 g/mol. The lowest BCUT2D eigenvalue weighted by Crippen LogP contribution is -1.73. The van der Waals surface area contributed by atoms with Crippen LogP contribution in [0.25, 0.3) is 21.2 Å². The number of hydrogen-bond donors (Lipinski definition) is 1. The minimum Gasteiger partial charge on any atom is -0.508 e. The minimum absolute atomic E-state index is 0.322. The van der Waals surface area contributed by atoms with Gasteiger partial charge in [-0.15, -0.1) is 11.3 Å². The van der Waals surface area contributed by atoms with E-state index >= 15 is 0 Å². The summed E-state index contributed by atoms with van der Waals surface area (Å²) in [5, 5.41) is 12.8. The summed E-state index contributed by atoms with van der Waals surface area (Å²) in [5.74, 6) is 0.322. The van der Waals surface area contributed by atoms with Gasteiger partial charge in [0.2, 0.25) is 0 Å². The second-order valence-corrected chi connectivity index (χ2v) is 4.61. The Balaban J connectivity index is 2.29. The fourth-order valence-corrected chi connectivity index (χ4v) is 2.81. The number of benzene rings is 2. The highest BCUT2D eigenvalue weighted by Gasteiger charge is 2.06. The van der Waals surface area contributed by atoms with E-state index in [9.17, 15) is 5.11 Å². The first-order valence-electron chi connectivity index (χ1n) is 5.10. The first-order chi connectivity index (χ1) is 7.84. The number of aromatic hydroxyl groups is 1. The Morgan fingerprint density at radius 3 is 2.56 bits per heavy atom. The molecule has 2 aromatic carbocycles. The highest BCUT2D eigenvalue weighted by molar-refractivity contribution is 7.17. The van der Waals surface area contributed by atoms with Crippen molar-refractivity contribution in [3.05, 3.63) is 53.9 Å². The molecular formula is C14H10OS. The summed E-state index contributed by atoms with van der Waals surface area (Å²) < 4.78 is 1.21. The predicted octanol–water partition coefficient (Wildman–Crippen LogP) is 4.27. The maximum absolute atomic E-state index is 9.52. The molecule has 1 aromatic heterocycles. The lowest BCUT2D eigenvalue weighted by molar-refractivity contribution is 0.476. The van der Waals surface area contributed by atoms with Crippen LogP contribution in [-0.2, 0) is 0 Å². The molecule has 0 atom stereocenters. The number of fused-ring (bicyclic) bond motifs is 1. The van der Waals surface area contributed by atoms with Crippen LogP contribution >= 0.6 is 11.3 Å². The minimum atomic E-state index is 0.322. The molecule has 78 valence electrons. The average Bonchev–Trinajstić information content (AvgIpc) is 2.73. The summed E-state index contributed by atoms with van der Waals surface area (Å²) in [6, 6.07) is 15.8. The lowest BCUT2D eigenvalue weighted by Gasteiger charge is -1.99. The van der Waals surface area contributed by atoms with Crippen LogP contribution < -0.4 is 0 Å². The molecule has 0 aliphatic heterocycles. The molecule has 3 aromatic rings. The number of phenolic OH excluding ortho intramolecular Hbond substituents is 1. The van der Waals surface area contributed by atoms with Crippen LogP contribution in [0.4, 0.5) is 0 Å². The molecule has 1 N–H and O–H groups in total. The van der Waals surface area contributed by atoms with Crippen LogP contribution in [0.15, 0.2) is 53.9 Å². The van der Waals surface area contributed by atoms with Crippen molar-refractivity contribution in [2.75, 3.05) is 0 Å². The molecule has 16 heavy (non-hydrogen) atoms. The summed E-state index contributed by atoms with van der Waals surface area (Å²) in [5.41, 5.74) is 2.39. The largest absolute Gasteiger partial charge is 0.508 e. The zero-order valence-corrected chi connectivity index (χ0v) is 9.37. The zero-order valence-electron chi connectivity index (χ0n) is 8.55. The molecule has 0 aliphatic rings. The second kappa shape index (κ2) is 3.65. The maximum atomic E-state index is 9.52. The van der Waals surface area contributed by atoms with Crippen molar-refractivity contribution in [3.8, 4) is 16.9 Å². The van der Waals surface area contributed by atoms with Crippen molar-refractivity contribution in [1.82, 2.24) is 0 Å². The van der Waals surface area contributed by atoms with Gasteiger partial charge in [-0.2, -0.15) is 0 Å². The standard InChI is InChI=1S/C14H10OS/c15-11-6-7-14-12(8-11)13(9-16-14)10-4-2-1-3-5-10/h1-9,15H. The molecule has 0 unspecified atom stereocenters. The Labute approximate surface area is 97.6 Å².